The minimum Gasteiger partial charge on any atom is -0.303 e. The highest BCUT2D eigenvalue weighted by Gasteiger charge is 2.41. The van der Waals surface area contributed by atoms with Crippen LogP contribution in [0.15, 0.2) is 12.1 Å². The average molecular weight is 352 g/mol. The summed E-state index contributed by atoms with van der Waals surface area (Å²) >= 11 is 0. The third kappa shape index (κ3) is 4.09. The molecule has 3 rings (SSSR count). The Balaban J connectivity index is 1.52. The van der Waals surface area contributed by atoms with E-state index >= 15 is 0 Å². The summed E-state index contributed by atoms with van der Waals surface area (Å²) in [5, 5.41) is 0. The summed E-state index contributed by atoms with van der Waals surface area (Å²) in [7, 11) is 0. The Kier molecular flexibility index (Phi) is 5.85. The van der Waals surface area contributed by atoms with E-state index in [1.165, 1.54) is 25.5 Å². The van der Waals surface area contributed by atoms with Crippen molar-refractivity contribution in [1.29, 1.82) is 0 Å². The molecule has 2 aliphatic rings. The summed E-state index contributed by atoms with van der Waals surface area (Å²) in [6, 6.07) is 2.21. The molecule has 2 aliphatic carbocycles. The smallest absolute Gasteiger partial charge is 0.194 e. The molecule has 2 fully saturated rings. The van der Waals surface area contributed by atoms with E-state index < -0.39 is 17.5 Å². The summed E-state index contributed by atoms with van der Waals surface area (Å²) in [5.41, 5.74) is 0.432. The monoisotopic (exact) mass is 352 g/mol. The van der Waals surface area contributed by atoms with Crippen molar-refractivity contribution in [1.82, 2.24) is 0 Å². The third-order valence-electron chi connectivity index (χ3n) is 6.56. The van der Waals surface area contributed by atoms with E-state index in [1.807, 2.05) is 0 Å². The van der Waals surface area contributed by atoms with E-state index in [4.69, 9.17) is 0 Å². The van der Waals surface area contributed by atoms with Crippen molar-refractivity contribution in [2.45, 2.75) is 70.6 Å². The van der Waals surface area contributed by atoms with Crippen LogP contribution in [0.25, 0.3) is 0 Å². The van der Waals surface area contributed by atoms with Crippen LogP contribution in [0.1, 0.15) is 69.8 Å². The highest BCUT2D eigenvalue weighted by molar-refractivity contribution is 5.60. The summed E-state index contributed by atoms with van der Waals surface area (Å²) < 4.78 is 39.6. The number of aldehydes is 1. The molecule has 0 bridgehead atoms. The molecular weight excluding hydrogens is 325 g/mol. The molecule has 0 spiro atoms. The molecule has 0 atom stereocenters. The maximum Gasteiger partial charge on any atom is 0.194 e. The third-order valence-corrected chi connectivity index (χ3v) is 6.56. The predicted octanol–water partition coefficient (Wildman–Crippen LogP) is 5.99. The summed E-state index contributed by atoms with van der Waals surface area (Å²) in [5.74, 6) is -2.58. The first-order valence-corrected chi connectivity index (χ1v) is 9.64. The molecule has 0 N–H and O–H groups in total. The molecule has 0 aromatic heterocycles. The number of hydrogen-bond acceptors (Lipinski definition) is 1. The van der Waals surface area contributed by atoms with E-state index in [-0.39, 0.29) is 5.41 Å². The Morgan fingerprint density at radius 2 is 1.56 bits per heavy atom. The molecule has 1 nitrogen and oxygen atoms in total. The lowest BCUT2D eigenvalue weighted by molar-refractivity contribution is -0.122. The molecule has 0 radical (unpaired) electrons. The van der Waals surface area contributed by atoms with Crippen LogP contribution in [-0.4, -0.2) is 6.29 Å². The first kappa shape index (κ1) is 18.5. The molecule has 0 unspecified atom stereocenters. The van der Waals surface area contributed by atoms with E-state index in [1.54, 1.807) is 0 Å². The molecule has 0 heterocycles. The highest BCUT2D eigenvalue weighted by atomic mass is 19.2. The van der Waals surface area contributed by atoms with Gasteiger partial charge in [0.2, 0.25) is 0 Å². The zero-order chi connectivity index (χ0) is 17.9. The molecule has 4 heteroatoms. The molecule has 2 saturated carbocycles. The standard InChI is InChI=1S/C21H27F3O/c22-18-12-16(13-19(23)20(18)24)5-4-15-6-8-17(9-7-15)21(14-25)10-2-1-3-11-21/h12-15,17H,1-11H2. The lowest BCUT2D eigenvalue weighted by Gasteiger charge is -2.43. The lowest BCUT2D eigenvalue weighted by atomic mass is 9.61. The quantitative estimate of drug-likeness (QED) is 0.470. The number of carbonyl (C=O) groups is 1. The van der Waals surface area contributed by atoms with Crippen LogP contribution in [0.2, 0.25) is 0 Å². The second-order valence-corrected chi connectivity index (χ2v) is 8.04. The summed E-state index contributed by atoms with van der Waals surface area (Å²) in [6.45, 7) is 0. The van der Waals surface area contributed by atoms with E-state index in [0.29, 0.717) is 23.8 Å². The fourth-order valence-corrected chi connectivity index (χ4v) is 4.98. The first-order valence-electron chi connectivity index (χ1n) is 9.64. The second kappa shape index (κ2) is 7.92. The van der Waals surface area contributed by atoms with Crippen LogP contribution in [0.3, 0.4) is 0 Å². The Labute approximate surface area is 148 Å². The molecule has 0 saturated heterocycles. The summed E-state index contributed by atoms with van der Waals surface area (Å²) in [4.78, 5) is 11.8. The van der Waals surface area contributed by atoms with Crippen LogP contribution in [0.5, 0.6) is 0 Å². The van der Waals surface area contributed by atoms with Crippen molar-refractivity contribution in [2.75, 3.05) is 0 Å². The first-order chi connectivity index (χ1) is 12.0. The van der Waals surface area contributed by atoms with Gasteiger partial charge in [-0.05, 0) is 68.1 Å². The maximum atomic E-state index is 13.3. The van der Waals surface area contributed by atoms with Gasteiger partial charge in [-0.2, -0.15) is 0 Å². The van der Waals surface area contributed by atoms with Gasteiger partial charge in [0.25, 0.3) is 0 Å². The van der Waals surface area contributed by atoms with Crippen molar-refractivity contribution in [2.24, 2.45) is 17.3 Å². The second-order valence-electron chi connectivity index (χ2n) is 8.04. The van der Waals surface area contributed by atoms with Crippen LogP contribution in [0, 0.1) is 34.7 Å². The lowest BCUT2D eigenvalue weighted by Crippen LogP contribution is -2.37. The van der Waals surface area contributed by atoms with Crippen molar-refractivity contribution < 1.29 is 18.0 Å². The van der Waals surface area contributed by atoms with Crippen LogP contribution in [0.4, 0.5) is 13.2 Å². The summed E-state index contributed by atoms with van der Waals surface area (Å²) in [6.07, 6.45) is 12.6. The van der Waals surface area contributed by atoms with Gasteiger partial charge in [-0.25, -0.2) is 13.2 Å². The number of halogens is 3. The fraction of sp³-hybridized carbons (Fsp3) is 0.667. The Morgan fingerprint density at radius 1 is 0.960 bits per heavy atom. The van der Waals surface area contributed by atoms with Crippen molar-refractivity contribution >= 4 is 6.29 Å². The van der Waals surface area contributed by atoms with Crippen LogP contribution >= 0.6 is 0 Å². The molecular formula is C21H27F3O. The van der Waals surface area contributed by atoms with Crippen LogP contribution < -0.4 is 0 Å². The Bertz CT molecular complexity index is 576. The Morgan fingerprint density at radius 3 is 2.12 bits per heavy atom. The molecule has 138 valence electrons. The van der Waals surface area contributed by atoms with E-state index in [0.717, 1.165) is 57.1 Å². The van der Waals surface area contributed by atoms with Gasteiger partial charge in [0.05, 0.1) is 0 Å². The van der Waals surface area contributed by atoms with Gasteiger partial charge >= 0.3 is 0 Å². The van der Waals surface area contributed by atoms with E-state index in [2.05, 4.69) is 0 Å². The number of hydrogen-bond donors (Lipinski definition) is 0. The van der Waals surface area contributed by atoms with Crippen molar-refractivity contribution in [3.05, 3.63) is 35.1 Å². The fourth-order valence-electron chi connectivity index (χ4n) is 4.98. The van der Waals surface area contributed by atoms with Gasteiger partial charge < -0.3 is 4.79 Å². The zero-order valence-corrected chi connectivity index (χ0v) is 14.7. The average Bonchev–Trinajstić information content (AvgIpc) is 2.65. The van der Waals surface area contributed by atoms with Gasteiger partial charge in [0.1, 0.15) is 6.29 Å². The molecule has 0 amide bonds. The highest BCUT2D eigenvalue weighted by Crippen LogP contribution is 2.48. The van der Waals surface area contributed by atoms with E-state index in [9.17, 15) is 18.0 Å². The molecule has 25 heavy (non-hydrogen) atoms. The topological polar surface area (TPSA) is 17.1 Å². The van der Waals surface area contributed by atoms with Gasteiger partial charge in [-0.15, -0.1) is 0 Å². The van der Waals surface area contributed by atoms with Crippen molar-refractivity contribution in [3.8, 4) is 0 Å². The number of carbonyl (C=O) groups excluding carboxylic acids is 1. The number of aryl methyl sites for hydroxylation is 1. The zero-order valence-electron chi connectivity index (χ0n) is 14.7. The number of benzene rings is 1. The van der Waals surface area contributed by atoms with Gasteiger partial charge in [0.15, 0.2) is 17.5 Å². The molecule has 1 aromatic carbocycles. The minimum absolute atomic E-state index is 0.0908. The minimum atomic E-state index is -1.39. The van der Waals surface area contributed by atoms with Gasteiger partial charge in [-0.1, -0.05) is 32.1 Å². The Hall–Kier alpha value is -1.32. The number of rotatable bonds is 5. The molecule has 0 aliphatic heterocycles. The SMILES string of the molecule is O=CC1(C2CCC(CCc3cc(F)c(F)c(F)c3)CC2)CCCCC1. The predicted molar refractivity (Wildman–Crippen MR) is 91.7 cm³/mol. The van der Waals surface area contributed by atoms with Gasteiger partial charge in [-0.3, -0.25) is 0 Å². The van der Waals surface area contributed by atoms with Crippen molar-refractivity contribution in [3.63, 3.8) is 0 Å². The maximum absolute atomic E-state index is 13.3. The largest absolute Gasteiger partial charge is 0.303 e. The van der Waals surface area contributed by atoms with Gasteiger partial charge in [0, 0.05) is 5.41 Å². The normalized spacial score (nSPS) is 26.4. The van der Waals surface area contributed by atoms with Crippen LogP contribution in [-0.2, 0) is 11.2 Å². The molecule has 1 aromatic rings.